The smallest absolute Gasteiger partial charge is 0.365 e. The first-order valence-electron chi connectivity index (χ1n) is 5.24. The Hall–Kier alpha value is -1.21. The summed E-state index contributed by atoms with van der Waals surface area (Å²) in [5.74, 6) is -0.137. The molecule has 1 aromatic rings. The highest BCUT2D eigenvalue weighted by Gasteiger charge is 2.23. The van der Waals surface area contributed by atoms with Crippen LogP contribution in [0.3, 0.4) is 0 Å². The summed E-state index contributed by atoms with van der Waals surface area (Å²) in [5, 5.41) is 10.7. The van der Waals surface area contributed by atoms with E-state index >= 15 is 0 Å². The molecular formula is C10H12BrN3O3. The second-order valence-corrected chi connectivity index (χ2v) is 4.72. The molecule has 1 aromatic heterocycles. The summed E-state index contributed by atoms with van der Waals surface area (Å²) in [4.78, 5) is 16.1. The molecule has 0 aliphatic carbocycles. The summed E-state index contributed by atoms with van der Waals surface area (Å²) in [6, 6.07) is 1.69. The van der Waals surface area contributed by atoms with Crippen molar-refractivity contribution in [1.82, 2.24) is 4.98 Å². The summed E-state index contributed by atoms with van der Waals surface area (Å²) in [7, 11) is 0. The van der Waals surface area contributed by atoms with E-state index in [1.165, 1.54) is 12.3 Å². The van der Waals surface area contributed by atoms with Crippen LogP contribution in [-0.4, -0.2) is 35.7 Å². The molecular weight excluding hydrogens is 290 g/mol. The fourth-order valence-corrected chi connectivity index (χ4v) is 2.27. The van der Waals surface area contributed by atoms with Crippen LogP contribution in [0, 0.1) is 10.1 Å². The predicted molar refractivity (Wildman–Crippen MR) is 66.2 cm³/mol. The number of rotatable bonds is 2. The van der Waals surface area contributed by atoms with E-state index < -0.39 is 4.92 Å². The zero-order chi connectivity index (χ0) is 12.4. The van der Waals surface area contributed by atoms with Crippen molar-refractivity contribution in [2.24, 2.45) is 0 Å². The molecule has 1 atom stereocenters. The number of hydrogen-bond donors (Lipinski definition) is 0. The number of aromatic nitrogens is 1. The highest BCUT2D eigenvalue weighted by atomic mass is 79.9. The van der Waals surface area contributed by atoms with Gasteiger partial charge >= 0.3 is 5.82 Å². The number of morpholine rings is 1. The monoisotopic (exact) mass is 301 g/mol. The van der Waals surface area contributed by atoms with E-state index in [0.717, 1.165) is 16.7 Å². The Balaban J connectivity index is 2.35. The minimum atomic E-state index is -0.485. The quantitative estimate of drug-likeness (QED) is 0.617. The minimum Gasteiger partial charge on any atom is -0.377 e. The number of anilines is 1. The first-order valence-corrected chi connectivity index (χ1v) is 6.03. The van der Waals surface area contributed by atoms with E-state index in [4.69, 9.17) is 4.74 Å². The molecule has 92 valence electrons. The van der Waals surface area contributed by atoms with E-state index in [1.54, 1.807) is 0 Å². The van der Waals surface area contributed by atoms with Gasteiger partial charge in [-0.1, -0.05) is 0 Å². The Labute approximate surface area is 107 Å². The van der Waals surface area contributed by atoms with Gasteiger partial charge in [-0.15, -0.1) is 0 Å². The van der Waals surface area contributed by atoms with Crippen LogP contribution in [0.1, 0.15) is 6.92 Å². The summed E-state index contributed by atoms with van der Waals surface area (Å²) in [6.07, 6.45) is 1.47. The maximum Gasteiger partial charge on any atom is 0.365 e. The lowest BCUT2D eigenvalue weighted by Gasteiger charge is -2.35. The highest BCUT2D eigenvalue weighted by Crippen LogP contribution is 2.30. The van der Waals surface area contributed by atoms with E-state index in [0.29, 0.717) is 13.2 Å². The van der Waals surface area contributed by atoms with Crippen molar-refractivity contribution in [3.8, 4) is 0 Å². The van der Waals surface area contributed by atoms with Crippen molar-refractivity contribution < 1.29 is 9.66 Å². The molecule has 0 aromatic carbocycles. The van der Waals surface area contributed by atoms with Crippen molar-refractivity contribution in [3.63, 3.8) is 0 Å². The highest BCUT2D eigenvalue weighted by molar-refractivity contribution is 9.10. The first-order chi connectivity index (χ1) is 8.09. The maximum atomic E-state index is 10.7. The van der Waals surface area contributed by atoms with Gasteiger partial charge in [-0.05, 0) is 32.8 Å². The zero-order valence-electron chi connectivity index (χ0n) is 9.30. The summed E-state index contributed by atoms with van der Waals surface area (Å²) >= 11 is 3.37. The van der Waals surface area contributed by atoms with E-state index in [2.05, 4.69) is 25.8 Å². The van der Waals surface area contributed by atoms with E-state index in [9.17, 15) is 10.1 Å². The molecule has 0 spiro atoms. The molecule has 0 saturated carbocycles. The largest absolute Gasteiger partial charge is 0.377 e. The van der Waals surface area contributed by atoms with Gasteiger partial charge in [0.25, 0.3) is 0 Å². The average molecular weight is 302 g/mol. The lowest BCUT2D eigenvalue weighted by molar-refractivity contribution is -0.389. The number of nitro groups is 1. The Bertz CT molecular complexity index is 441. The van der Waals surface area contributed by atoms with Crippen LogP contribution in [-0.2, 0) is 4.74 Å². The van der Waals surface area contributed by atoms with Crippen LogP contribution in [0.2, 0.25) is 0 Å². The molecule has 6 nitrogen and oxygen atoms in total. The molecule has 1 aliphatic heterocycles. The second kappa shape index (κ2) is 4.97. The SMILES string of the molecule is C[C@H]1COCCN1c1cc([N+](=O)[O-])ncc1Br. The molecule has 2 rings (SSSR count). The number of nitrogens with zero attached hydrogens (tertiary/aromatic N) is 3. The van der Waals surface area contributed by atoms with Gasteiger partial charge in [0, 0.05) is 12.6 Å². The number of halogens is 1. The topological polar surface area (TPSA) is 68.5 Å². The molecule has 0 amide bonds. The number of hydrogen-bond acceptors (Lipinski definition) is 5. The van der Waals surface area contributed by atoms with E-state index in [-0.39, 0.29) is 11.9 Å². The van der Waals surface area contributed by atoms with Gasteiger partial charge < -0.3 is 19.8 Å². The molecule has 0 unspecified atom stereocenters. The molecule has 0 bridgehead atoms. The van der Waals surface area contributed by atoms with E-state index in [1.807, 2.05) is 6.92 Å². The average Bonchev–Trinajstić information content (AvgIpc) is 2.30. The van der Waals surface area contributed by atoms with Crippen LogP contribution in [0.25, 0.3) is 0 Å². The van der Waals surface area contributed by atoms with Crippen molar-refractivity contribution in [3.05, 3.63) is 26.9 Å². The summed E-state index contributed by atoms with van der Waals surface area (Å²) in [6.45, 7) is 4.01. The van der Waals surface area contributed by atoms with Gasteiger partial charge in [-0.3, -0.25) is 0 Å². The van der Waals surface area contributed by atoms with Crippen molar-refractivity contribution >= 4 is 27.4 Å². The van der Waals surface area contributed by atoms with Crippen LogP contribution in [0.4, 0.5) is 11.5 Å². The lowest BCUT2D eigenvalue weighted by Crippen LogP contribution is -2.43. The van der Waals surface area contributed by atoms with Gasteiger partial charge in [0.2, 0.25) is 0 Å². The molecule has 7 heteroatoms. The minimum absolute atomic E-state index is 0.137. The normalized spacial score (nSPS) is 20.4. The third-order valence-corrected chi connectivity index (χ3v) is 3.30. The third kappa shape index (κ3) is 2.55. The standard InChI is InChI=1S/C10H12BrN3O3/c1-7-6-17-3-2-13(7)9-4-10(14(15)16)12-5-8(9)11/h4-5,7H,2-3,6H2,1H3/t7-/m0/s1. The molecule has 0 radical (unpaired) electrons. The maximum absolute atomic E-state index is 10.7. The van der Waals surface area contributed by atoms with Crippen molar-refractivity contribution in [1.29, 1.82) is 0 Å². The molecule has 2 heterocycles. The Kier molecular flexibility index (Phi) is 3.58. The van der Waals surface area contributed by atoms with Gasteiger partial charge in [0.1, 0.15) is 0 Å². The van der Waals surface area contributed by atoms with Gasteiger partial charge in [0.05, 0.1) is 29.4 Å². The lowest BCUT2D eigenvalue weighted by atomic mass is 10.2. The molecule has 1 saturated heterocycles. The van der Waals surface area contributed by atoms with Gasteiger partial charge in [-0.25, -0.2) is 0 Å². The van der Waals surface area contributed by atoms with Crippen LogP contribution < -0.4 is 4.90 Å². The fourth-order valence-electron chi connectivity index (χ4n) is 1.82. The van der Waals surface area contributed by atoms with Crippen LogP contribution in [0.15, 0.2) is 16.7 Å². The van der Waals surface area contributed by atoms with Crippen LogP contribution in [0.5, 0.6) is 0 Å². The number of ether oxygens (including phenoxy) is 1. The van der Waals surface area contributed by atoms with Crippen molar-refractivity contribution in [2.45, 2.75) is 13.0 Å². The fraction of sp³-hybridized carbons (Fsp3) is 0.500. The van der Waals surface area contributed by atoms with Gasteiger partial charge in [0.15, 0.2) is 6.20 Å². The third-order valence-electron chi connectivity index (χ3n) is 2.68. The number of pyridine rings is 1. The Morgan fingerprint density at radius 2 is 2.47 bits per heavy atom. The summed E-state index contributed by atoms with van der Waals surface area (Å²) in [5.41, 5.74) is 0.794. The Morgan fingerprint density at radius 1 is 1.71 bits per heavy atom. The molecule has 1 fully saturated rings. The first kappa shape index (κ1) is 12.3. The predicted octanol–water partition coefficient (Wildman–Crippen LogP) is 1.98. The Morgan fingerprint density at radius 3 is 3.12 bits per heavy atom. The van der Waals surface area contributed by atoms with Crippen LogP contribution >= 0.6 is 15.9 Å². The molecule has 17 heavy (non-hydrogen) atoms. The summed E-state index contributed by atoms with van der Waals surface area (Å²) < 4.78 is 6.11. The molecule has 0 N–H and O–H groups in total. The van der Waals surface area contributed by atoms with Crippen molar-refractivity contribution in [2.75, 3.05) is 24.7 Å². The zero-order valence-corrected chi connectivity index (χ0v) is 10.9. The second-order valence-electron chi connectivity index (χ2n) is 3.87. The van der Waals surface area contributed by atoms with Gasteiger partial charge in [-0.2, -0.15) is 0 Å². The molecule has 1 aliphatic rings.